The zero-order chi connectivity index (χ0) is 20.9. The minimum absolute atomic E-state index is 0.123. The molecule has 152 valence electrons. The van der Waals surface area contributed by atoms with E-state index in [1.165, 1.54) is 0 Å². The van der Waals surface area contributed by atoms with Crippen LogP contribution in [0, 0.1) is 0 Å². The zero-order valence-electron chi connectivity index (χ0n) is 16.3. The van der Waals surface area contributed by atoms with Gasteiger partial charge in [0.05, 0.1) is 18.1 Å². The number of halogens is 1. The predicted octanol–water partition coefficient (Wildman–Crippen LogP) is 5.03. The van der Waals surface area contributed by atoms with Crippen molar-refractivity contribution >= 4 is 38.6 Å². The summed E-state index contributed by atoms with van der Waals surface area (Å²) in [5.41, 5.74) is 2.41. The van der Waals surface area contributed by atoms with E-state index in [2.05, 4.69) is 26.2 Å². The molecule has 30 heavy (non-hydrogen) atoms. The van der Waals surface area contributed by atoms with Gasteiger partial charge in [-0.05, 0) is 42.5 Å². The van der Waals surface area contributed by atoms with Crippen LogP contribution in [0.15, 0.2) is 77.3 Å². The van der Waals surface area contributed by atoms with Crippen LogP contribution in [0.4, 0.5) is 5.69 Å². The van der Waals surface area contributed by atoms with E-state index in [0.29, 0.717) is 17.3 Å². The third-order valence-corrected chi connectivity index (χ3v) is 5.06. The fourth-order valence-electron chi connectivity index (χ4n) is 3.20. The monoisotopic (exact) mass is 465 g/mol. The van der Waals surface area contributed by atoms with E-state index in [4.69, 9.17) is 9.47 Å². The molecule has 0 aliphatic heterocycles. The number of nitrogens with one attached hydrogen (secondary N) is 1. The fraction of sp³-hybridized carbons (Fsp3) is 0.130. The number of amides is 1. The Morgan fingerprint density at radius 3 is 2.60 bits per heavy atom. The Labute approximate surface area is 182 Å². The number of hydrogen-bond donors (Lipinski definition) is 1. The molecule has 0 bridgehead atoms. The van der Waals surface area contributed by atoms with Crippen LogP contribution in [-0.4, -0.2) is 22.6 Å². The van der Waals surface area contributed by atoms with Crippen LogP contribution in [0.5, 0.6) is 11.5 Å². The van der Waals surface area contributed by atoms with E-state index in [9.17, 15) is 4.79 Å². The van der Waals surface area contributed by atoms with Crippen LogP contribution in [-0.2, 0) is 17.9 Å². The van der Waals surface area contributed by atoms with E-state index < -0.39 is 0 Å². The first-order valence-corrected chi connectivity index (χ1v) is 10.2. The van der Waals surface area contributed by atoms with Gasteiger partial charge in [-0.1, -0.05) is 46.3 Å². The zero-order valence-corrected chi connectivity index (χ0v) is 17.9. The van der Waals surface area contributed by atoms with E-state index in [1.807, 2.05) is 77.4 Å². The van der Waals surface area contributed by atoms with Crippen LogP contribution < -0.4 is 14.8 Å². The van der Waals surface area contributed by atoms with Crippen LogP contribution in [0.2, 0.25) is 0 Å². The van der Waals surface area contributed by atoms with Crippen molar-refractivity contribution in [1.29, 1.82) is 0 Å². The number of imidazole rings is 1. The van der Waals surface area contributed by atoms with Crippen LogP contribution >= 0.6 is 15.9 Å². The normalized spacial score (nSPS) is 10.7. The van der Waals surface area contributed by atoms with Gasteiger partial charge in [-0.15, -0.1) is 0 Å². The highest BCUT2D eigenvalue weighted by Crippen LogP contribution is 2.27. The highest BCUT2D eigenvalue weighted by Gasteiger charge is 2.15. The molecule has 0 saturated carbocycles. The molecule has 1 amide bonds. The number of aromatic nitrogens is 2. The number of ether oxygens (including phenoxy) is 2. The lowest BCUT2D eigenvalue weighted by Gasteiger charge is -2.12. The maximum absolute atomic E-state index is 12.7. The number of benzene rings is 3. The van der Waals surface area contributed by atoms with Gasteiger partial charge >= 0.3 is 0 Å². The summed E-state index contributed by atoms with van der Waals surface area (Å²) in [6, 6.07) is 22.6. The van der Waals surface area contributed by atoms with E-state index in [0.717, 1.165) is 21.2 Å². The number of carbonyl (C=O) groups excluding carboxylic acids is 1. The molecule has 6 nitrogen and oxygen atoms in total. The summed E-state index contributed by atoms with van der Waals surface area (Å²) in [7, 11) is 1.60. The number of methoxy groups -OCH3 is 1. The average molecular weight is 466 g/mol. The van der Waals surface area contributed by atoms with Gasteiger partial charge in [-0.2, -0.15) is 0 Å². The van der Waals surface area contributed by atoms with Gasteiger partial charge < -0.3 is 19.4 Å². The van der Waals surface area contributed by atoms with Gasteiger partial charge in [0.2, 0.25) is 5.91 Å². The van der Waals surface area contributed by atoms with Gasteiger partial charge in [-0.3, -0.25) is 4.79 Å². The number of para-hydroxylation sites is 4. The van der Waals surface area contributed by atoms with Gasteiger partial charge in [-0.25, -0.2) is 4.98 Å². The van der Waals surface area contributed by atoms with E-state index >= 15 is 0 Å². The van der Waals surface area contributed by atoms with Crippen LogP contribution in [0.25, 0.3) is 11.0 Å². The van der Waals surface area contributed by atoms with Crippen molar-refractivity contribution in [1.82, 2.24) is 9.55 Å². The number of nitrogens with zero attached hydrogens (tertiary/aromatic N) is 2. The lowest BCUT2D eigenvalue weighted by atomic mass is 10.3. The molecule has 0 saturated heterocycles. The Bertz CT molecular complexity index is 1190. The largest absolute Gasteiger partial charge is 0.493 e. The van der Waals surface area contributed by atoms with Gasteiger partial charge in [0.15, 0.2) is 11.5 Å². The maximum atomic E-state index is 12.7. The molecule has 0 spiro atoms. The molecule has 3 aromatic carbocycles. The summed E-state index contributed by atoms with van der Waals surface area (Å²) in [6.07, 6.45) is 0. The van der Waals surface area contributed by atoms with Crippen molar-refractivity contribution in [3.8, 4) is 11.5 Å². The second-order valence-electron chi connectivity index (χ2n) is 6.60. The minimum atomic E-state index is -0.144. The Hall–Kier alpha value is -3.32. The predicted molar refractivity (Wildman–Crippen MR) is 120 cm³/mol. The van der Waals surface area contributed by atoms with Crippen LogP contribution in [0.1, 0.15) is 5.82 Å². The lowest BCUT2D eigenvalue weighted by molar-refractivity contribution is -0.116. The van der Waals surface area contributed by atoms with Gasteiger partial charge in [0.25, 0.3) is 0 Å². The summed E-state index contributed by atoms with van der Waals surface area (Å²) in [5.74, 6) is 1.78. The molecular weight excluding hydrogens is 446 g/mol. The average Bonchev–Trinajstić information content (AvgIpc) is 3.09. The van der Waals surface area contributed by atoms with Crippen LogP contribution in [0.3, 0.4) is 0 Å². The molecule has 0 aliphatic rings. The SMILES string of the molecule is COc1ccccc1OCc1nc2ccccc2n1CC(=O)Nc1cccc(Br)c1. The second-order valence-corrected chi connectivity index (χ2v) is 7.52. The standard InChI is InChI=1S/C23H20BrN3O3/c1-29-20-11-4-5-12-21(20)30-15-22-26-18-9-2-3-10-19(18)27(22)14-23(28)25-17-8-6-7-16(24)13-17/h2-13H,14-15H2,1H3,(H,25,28). The summed E-state index contributed by atoms with van der Waals surface area (Å²) in [4.78, 5) is 17.4. The van der Waals surface area contributed by atoms with Crippen molar-refractivity contribution in [3.05, 3.63) is 83.1 Å². The number of anilines is 1. The fourth-order valence-corrected chi connectivity index (χ4v) is 3.60. The Morgan fingerprint density at radius 2 is 1.80 bits per heavy atom. The molecule has 7 heteroatoms. The van der Waals surface area contributed by atoms with Crippen molar-refractivity contribution in [2.24, 2.45) is 0 Å². The molecule has 0 radical (unpaired) electrons. The highest BCUT2D eigenvalue weighted by molar-refractivity contribution is 9.10. The first kappa shape index (κ1) is 20.0. The van der Waals surface area contributed by atoms with Crippen molar-refractivity contribution in [2.75, 3.05) is 12.4 Å². The minimum Gasteiger partial charge on any atom is -0.493 e. The van der Waals surface area contributed by atoms with E-state index in [1.54, 1.807) is 7.11 Å². The first-order chi connectivity index (χ1) is 14.6. The number of carbonyl (C=O) groups is 1. The quantitative estimate of drug-likeness (QED) is 0.415. The molecule has 1 N–H and O–H groups in total. The smallest absolute Gasteiger partial charge is 0.244 e. The summed E-state index contributed by atoms with van der Waals surface area (Å²) in [5, 5.41) is 2.93. The maximum Gasteiger partial charge on any atom is 0.244 e. The van der Waals surface area contributed by atoms with Gasteiger partial charge in [0.1, 0.15) is 19.0 Å². The number of rotatable bonds is 7. The summed E-state index contributed by atoms with van der Waals surface area (Å²) >= 11 is 3.42. The molecule has 0 atom stereocenters. The number of fused-ring (bicyclic) bond motifs is 1. The van der Waals surface area contributed by atoms with Crippen molar-refractivity contribution < 1.29 is 14.3 Å². The molecule has 0 aliphatic carbocycles. The Balaban J connectivity index is 1.58. The molecule has 0 fully saturated rings. The molecule has 4 aromatic rings. The van der Waals surface area contributed by atoms with E-state index in [-0.39, 0.29) is 19.1 Å². The molecule has 1 heterocycles. The number of hydrogen-bond acceptors (Lipinski definition) is 4. The molecule has 0 unspecified atom stereocenters. The third-order valence-electron chi connectivity index (χ3n) is 4.57. The molecular formula is C23H20BrN3O3. The Kier molecular flexibility index (Phi) is 5.99. The Morgan fingerprint density at radius 1 is 1.03 bits per heavy atom. The highest BCUT2D eigenvalue weighted by atomic mass is 79.9. The van der Waals surface area contributed by atoms with Crippen molar-refractivity contribution in [2.45, 2.75) is 13.2 Å². The van der Waals surface area contributed by atoms with Gasteiger partial charge in [0, 0.05) is 10.2 Å². The van der Waals surface area contributed by atoms with Crippen molar-refractivity contribution in [3.63, 3.8) is 0 Å². The first-order valence-electron chi connectivity index (χ1n) is 9.39. The molecule has 4 rings (SSSR count). The second kappa shape index (κ2) is 9.00. The third kappa shape index (κ3) is 4.46. The molecule has 1 aromatic heterocycles. The lowest BCUT2D eigenvalue weighted by Crippen LogP contribution is -2.20. The summed E-state index contributed by atoms with van der Waals surface area (Å²) in [6.45, 7) is 0.330. The summed E-state index contributed by atoms with van der Waals surface area (Å²) < 4.78 is 14.1. The topological polar surface area (TPSA) is 65.4 Å².